The second-order valence-corrected chi connectivity index (χ2v) is 2.26. The highest BCUT2D eigenvalue weighted by atomic mass is 19.4. The van der Waals surface area contributed by atoms with Gasteiger partial charge in [-0.05, 0) is 0 Å². The Labute approximate surface area is 65.4 Å². The van der Waals surface area contributed by atoms with E-state index in [1.165, 1.54) is 0 Å². The van der Waals surface area contributed by atoms with Gasteiger partial charge in [0.1, 0.15) is 5.57 Å². The zero-order valence-corrected chi connectivity index (χ0v) is 5.97. The Hall–Kier alpha value is -1.33. The van der Waals surface area contributed by atoms with Gasteiger partial charge in [-0.2, -0.15) is 13.2 Å². The van der Waals surface area contributed by atoms with Gasteiger partial charge in [-0.1, -0.05) is 0 Å². The summed E-state index contributed by atoms with van der Waals surface area (Å²) < 4.78 is 35.7. The Morgan fingerprint density at radius 1 is 1.33 bits per heavy atom. The number of rotatable bonds is 0. The maximum absolute atomic E-state index is 11.9. The van der Waals surface area contributed by atoms with Crippen molar-refractivity contribution in [1.82, 2.24) is 4.90 Å². The van der Waals surface area contributed by atoms with Gasteiger partial charge in [-0.3, -0.25) is 14.5 Å². The van der Waals surface area contributed by atoms with E-state index in [9.17, 15) is 22.8 Å². The van der Waals surface area contributed by atoms with Crippen LogP contribution in [0.3, 0.4) is 0 Å². The molecule has 0 spiro atoms. The molecule has 3 nitrogen and oxygen atoms in total. The Morgan fingerprint density at radius 2 is 1.83 bits per heavy atom. The fraction of sp³-hybridized carbons (Fsp3) is 0.333. The minimum Gasteiger partial charge on any atom is -0.278 e. The lowest BCUT2D eigenvalue weighted by Gasteiger charge is -2.08. The average Bonchev–Trinajstić information content (AvgIpc) is 2.15. The van der Waals surface area contributed by atoms with Crippen LogP contribution in [-0.4, -0.2) is 29.9 Å². The van der Waals surface area contributed by atoms with Crippen LogP contribution in [0.15, 0.2) is 11.6 Å². The van der Waals surface area contributed by atoms with Crippen molar-refractivity contribution >= 4 is 11.8 Å². The summed E-state index contributed by atoms with van der Waals surface area (Å²) in [5.41, 5.74) is -1.41. The number of nitrogens with zero attached hydrogens (tertiary/aromatic N) is 1. The molecule has 1 heterocycles. The van der Waals surface area contributed by atoms with Crippen molar-refractivity contribution in [1.29, 1.82) is 0 Å². The van der Waals surface area contributed by atoms with Crippen molar-refractivity contribution in [3.63, 3.8) is 0 Å². The third-order valence-electron chi connectivity index (χ3n) is 1.44. The zero-order valence-electron chi connectivity index (χ0n) is 5.97. The summed E-state index contributed by atoms with van der Waals surface area (Å²) in [6.07, 6.45) is -4.44. The van der Waals surface area contributed by atoms with Crippen LogP contribution in [0.5, 0.6) is 0 Å². The van der Waals surface area contributed by atoms with Gasteiger partial charge < -0.3 is 0 Å². The maximum atomic E-state index is 11.9. The van der Waals surface area contributed by atoms with E-state index in [-0.39, 0.29) is 0 Å². The number of hydrogen-bond donors (Lipinski definition) is 0. The number of hydrogen-bond acceptors (Lipinski definition) is 2. The van der Waals surface area contributed by atoms with Gasteiger partial charge >= 0.3 is 6.18 Å². The molecule has 0 aromatic rings. The highest BCUT2D eigenvalue weighted by molar-refractivity contribution is 6.16. The molecule has 0 N–H and O–H groups in total. The molecule has 6 heteroatoms. The molecule has 0 saturated heterocycles. The van der Waals surface area contributed by atoms with Crippen LogP contribution < -0.4 is 0 Å². The van der Waals surface area contributed by atoms with Gasteiger partial charge in [0.2, 0.25) is 0 Å². The third-order valence-corrected chi connectivity index (χ3v) is 1.44. The first-order valence-electron chi connectivity index (χ1n) is 2.95. The highest BCUT2D eigenvalue weighted by Gasteiger charge is 2.45. The molecule has 0 aromatic carbocycles. The van der Waals surface area contributed by atoms with E-state index in [1.54, 1.807) is 0 Å². The summed E-state index contributed by atoms with van der Waals surface area (Å²) in [5, 5.41) is 0. The van der Waals surface area contributed by atoms with E-state index < -0.39 is 23.6 Å². The molecule has 1 aliphatic heterocycles. The van der Waals surface area contributed by atoms with Crippen LogP contribution in [-0.2, 0) is 9.59 Å². The molecule has 0 unspecified atom stereocenters. The lowest BCUT2D eigenvalue weighted by molar-refractivity contribution is -0.140. The molecule has 2 amide bonds. The number of carbonyl (C=O) groups is 2. The molecule has 0 atom stereocenters. The van der Waals surface area contributed by atoms with E-state index in [4.69, 9.17) is 0 Å². The fourth-order valence-corrected chi connectivity index (χ4v) is 0.766. The van der Waals surface area contributed by atoms with Gasteiger partial charge in [0.15, 0.2) is 0 Å². The van der Waals surface area contributed by atoms with Crippen LogP contribution in [0.25, 0.3) is 0 Å². The van der Waals surface area contributed by atoms with Crippen molar-refractivity contribution in [2.24, 2.45) is 0 Å². The second kappa shape index (κ2) is 2.33. The van der Waals surface area contributed by atoms with Gasteiger partial charge in [0.05, 0.1) is 0 Å². The largest absolute Gasteiger partial charge is 0.421 e. The van der Waals surface area contributed by atoms with E-state index in [1.807, 2.05) is 0 Å². The van der Waals surface area contributed by atoms with E-state index in [0.29, 0.717) is 11.0 Å². The number of halogens is 3. The van der Waals surface area contributed by atoms with Crippen LogP contribution in [0.4, 0.5) is 13.2 Å². The smallest absolute Gasteiger partial charge is 0.278 e. The Bertz CT molecular complexity index is 279. The summed E-state index contributed by atoms with van der Waals surface area (Å²) >= 11 is 0. The SMILES string of the molecule is CN1C(=O)C=C(C(F)(F)F)C1=O. The molecule has 66 valence electrons. The molecule has 0 aliphatic carbocycles. The van der Waals surface area contributed by atoms with Crippen molar-refractivity contribution in [2.75, 3.05) is 7.05 Å². The average molecular weight is 179 g/mol. The predicted octanol–water partition coefficient (Wildman–Crippen LogP) is 0.474. The van der Waals surface area contributed by atoms with Crippen molar-refractivity contribution in [3.8, 4) is 0 Å². The summed E-state index contributed by atoms with van der Waals surface area (Å²) in [7, 11) is 1.000. The molecule has 0 aromatic heterocycles. The quantitative estimate of drug-likeness (QED) is 0.507. The summed E-state index contributed by atoms with van der Waals surface area (Å²) in [6, 6.07) is 0. The van der Waals surface area contributed by atoms with Crippen LogP contribution in [0.1, 0.15) is 0 Å². The molecular weight excluding hydrogens is 175 g/mol. The Morgan fingerprint density at radius 3 is 2.00 bits per heavy atom. The molecule has 0 bridgehead atoms. The Balaban J connectivity index is 3.03. The van der Waals surface area contributed by atoms with Crippen molar-refractivity contribution in [3.05, 3.63) is 11.6 Å². The Kier molecular flexibility index (Phi) is 1.70. The third kappa shape index (κ3) is 1.19. The number of likely N-dealkylation sites (N-methyl/N-ethyl adjacent to an activating group) is 1. The fourth-order valence-electron chi connectivity index (χ4n) is 0.766. The molecule has 12 heavy (non-hydrogen) atoms. The van der Waals surface area contributed by atoms with Crippen LogP contribution >= 0.6 is 0 Å². The number of imide groups is 1. The predicted molar refractivity (Wildman–Crippen MR) is 31.9 cm³/mol. The highest BCUT2D eigenvalue weighted by Crippen LogP contribution is 2.29. The van der Waals surface area contributed by atoms with Gasteiger partial charge in [-0.15, -0.1) is 0 Å². The normalized spacial score (nSPS) is 18.7. The molecule has 1 rings (SSSR count). The molecule has 0 radical (unpaired) electrons. The van der Waals surface area contributed by atoms with Crippen molar-refractivity contribution < 1.29 is 22.8 Å². The molecular formula is C6H4F3NO2. The lowest BCUT2D eigenvalue weighted by Crippen LogP contribution is -2.29. The van der Waals surface area contributed by atoms with Crippen LogP contribution in [0.2, 0.25) is 0 Å². The van der Waals surface area contributed by atoms with E-state index in [2.05, 4.69) is 0 Å². The first kappa shape index (κ1) is 8.76. The van der Waals surface area contributed by atoms with E-state index in [0.717, 1.165) is 7.05 Å². The number of carbonyl (C=O) groups excluding carboxylic acids is 2. The summed E-state index contributed by atoms with van der Waals surface area (Å²) in [4.78, 5) is 21.7. The van der Waals surface area contributed by atoms with E-state index >= 15 is 0 Å². The van der Waals surface area contributed by atoms with Gasteiger partial charge in [0, 0.05) is 13.1 Å². The zero-order chi connectivity index (χ0) is 9.52. The molecule has 0 fully saturated rings. The topological polar surface area (TPSA) is 37.4 Å². The lowest BCUT2D eigenvalue weighted by atomic mass is 10.2. The monoisotopic (exact) mass is 179 g/mol. The standard InChI is InChI=1S/C6H4F3NO2/c1-10-4(11)2-3(5(10)12)6(7,8)9/h2H,1H3. The molecule has 0 saturated carbocycles. The summed E-state index contributed by atoms with van der Waals surface area (Å²) in [5.74, 6) is -2.24. The minimum atomic E-state index is -4.74. The van der Waals surface area contributed by atoms with Crippen LogP contribution in [0, 0.1) is 0 Å². The van der Waals surface area contributed by atoms with Gasteiger partial charge in [-0.25, -0.2) is 0 Å². The number of alkyl halides is 3. The second-order valence-electron chi connectivity index (χ2n) is 2.26. The first-order chi connectivity index (χ1) is 5.34. The minimum absolute atomic E-state index is 0.294. The van der Waals surface area contributed by atoms with Crippen molar-refractivity contribution in [2.45, 2.75) is 6.18 Å². The van der Waals surface area contributed by atoms with Gasteiger partial charge in [0.25, 0.3) is 11.8 Å². The number of amides is 2. The summed E-state index contributed by atoms with van der Waals surface area (Å²) in [6.45, 7) is 0. The maximum Gasteiger partial charge on any atom is 0.421 e. The first-order valence-corrected chi connectivity index (χ1v) is 2.95. The molecule has 1 aliphatic rings.